The second-order valence-corrected chi connectivity index (χ2v) is 4.86. The van der Waals surface area contributed by atoms with Crippen LogP contribution in [-0.4, -0.2) is 24.7 Å². The molecule has 0 radical (unpaired) electrons. The van der Waals surface area contributed by atoms with E-state index in [1.807, 2.05) is 6.92 Å². The van der Waals surface area contributed by atoms with Gasteiger partial charge in [0.05, 0.1) is 4.90 Å². The molecule has 0 heterocycles. The number of hydrogen-bond acceptors (Lipinski definition) is 3. The topological polar surface area (TPSA) is 74.6 Å². The normalized spacial score (nSPS) is 10.3. The third-order valence-corrected chi connectivity index (χ3v) is 2.75. The van der Waals surface area contributed by atoms with E-state index < -0.39 is 10.1 Å². The van der Waals surface area contributed by atoms with Crippen LogP contribution in [0.2, 0.25) is 0 Å². The number of aliphatic hydroxyl groups excluding tert-OH is 1. The van der Waals surface area contributed by atoms with Crippen LogP contribution in [0.3, 0.4) is 0 Å². The molecule has 96 valence electrons. The minimum Gasteiger partial charge on any atom is -0.396 e. The summed E-state index contributed by atoms with van der Waals surface area (Å²) in [5, 5.41) is 8.15. The summed E-state index contributed by atoms with van der Waals surface area (Å²) in [6.45, 7) is 5.61. The summed E-state index contributed by atoms with van der Waals surface area (Å²) < 4.78 is 29.6. The van der Waals surface area contributed by atoms with Crippen molar-refractivity contribution in [2.24, 2.45) is 0 Å². The van der Waals surface area contributed by atoms with E-state index in [0.717, 1.165) is 18.4 Å². The van der Waals surface area contributed by atoms with Crippen molar-refractivity contribution in [3.63, 3.8) is 0 Å². The molecule has 0 atom stereocenters. The Labute approximate surface area is 102 Å². The van der Waals surface area contributed by atoms with Crippen molar-refractivity contribution in [1.82, 2.24) is 0 Å². The van der Waals surface area contributed by atoms with E-state index in [9.17, 15) is 8.42 Å². The number of allylic oxidation sites excluding steroid dienone is 1. The predicted octanol–water partition coefficient (Wildman–Crippen LogP) is 2.19. The molecule has 0 fully saturated rings. The first-order chi connectivity index (χ1) is 7.91. The highest BCUT2D eigenvalue weighted by Crippen LogP contribution is 2.08. The molecule has 0 unspecified atom stereocenters. The summed E-state index contributed by atoms with van der Waals surface area (Å²) in [4.78, 5) is -0.0666. The first-order valence-electron chi connectivity index (χ1n) is 5.17. The van der Waals surface area contributed by atoms with Crippen LogP contribution in [0.4, 0.5) is 0 Å². The highest BCUT2D eigenvalue weighted by atomic mass is 32.2. The number of rotatable bonds is 4. The maximum Gasteiger partial charge on any atom is 0.294 e. The van der Waals surface area contributed by atoms with E-state index in [1.54, 1.807) is 18.2 Å². The van der Waals surface area contributed by atoms with Gasteiger partial charge in [0.15, 0.2) is 0 Å². The molecule has 0 aromatic heterocycles. The largest absolute Gasteiger partial charge is 0.396 e. The SMILES string of the molecule is C=CCCCO.Cc1ccc(S(=O)(=O)O)cc1. The molecular weight excluding hydrogens is 240 g/mol. The standard InChI is InChI=1S/C7H8O3S.C5H10O/c1-6-2-4-7(5-3-6)11(8,9)10;1-2-3-4-5-6/h2-5H,1H3,(H,8,9,10);2,6H,1,3-5H2. The van der Waals surface area contributed by atoms with E-state index >= 15 is 0 Å². The molecule has 0 aliphatic carbocycles. The van der Waals surface area contributed by atoms with Gasteiger partial charge in [-0.3, -0.25) is 4.55 Å². The minimum absolute atomic E-state index is 0.0666. The van der Waals surface area contributed by atoms with Crippen LogP contribution in [0.1, 0.15) is 18.4 Å². The monoisotopic (exact) mass is 258 g/mol. The fourth-order valence-corrected chi connectivity index (χ4v) is 1.43. The van der Waals surface area contributed by atoms with Crippen molar-refractivity contribution < 1.29 is 18.1 Å². The summed E-state index contributed by atoms with van der Waals surface area (Å²) in [6.07, 6.45) is 3.58. The number of hydrogen-bond donors (Lipinski definition) is 2. The number of unbranched alkanes of at least 4 members (excludes halogenated alkanes) is 1. The van der Waals surface area contributed by atoms with Crippen molar-refractivity contribution in [2.45, 2.75) is 24.7 Å². The van der Waals surface area contributed by atoms with Gasteiger partial charge in [0.2, 0.25) is 0 Å². The Bertz CT molecular complexity index is 420. The highest BCUT2D eigenvalue weighted by molar-refractivity contribution is 7.85. The van der Waals surface area contributed by atoms with Crippen LogP contribution in [0, 0.1) is 6.92 Å². The molecule has 0 saturated heterocycles. The fraction of sp³-hybridized carbons (Fsp3) is 0.333. The van der Waals surface area contributed by atoms with Gasteiger partial charge in [-0.15, -0.1) is 6.58 Å². The van der Waals surface area contributed by atoms with E-state index in [0.29, 0.717) is 0 Å². The molecular formula is C12H18O4S. The lowest BCUT2D eigenvalue weighted by atomic mass is 10.2. The van der Waals surface area contributed by atoms with Gasteiger partial charge in [0.1, 0.15) is 0 Å². The maximum atomic E-state index is 10.5. The van der Waals surface area contributed by atoms with Crippen LogP contribution in [0.5, 0.6) is 0 Å². The highest BCUT2D eigenvalue weighted by Gasteiger charge is 2.06. The Kier molecular flexibility index (Phi) is 7.45. The van der Waals surface area contributed by atoms with Gasteiger partial charge in [0.25, 0.3) is 10.1 Å². The Morgan fingerprint density at radius 1 is 1.29 bits per heavy atom. The lowest BCUT2D eigenvalue weighted by Gasteiger charge is -1.95. The minimum atomic E-state index is -4.02. The zero-order valence-electron chi connectivity index (χ0n) is 9.83. The van der Waals surface area contributed by atoms with Gasteiger partial charge in [-0.2, -0.15) is 8.42 Å². The molecule has 0 saturated carbocycles. The molecule has 4 nitrogen and oxygen atoms in total. The second kappa shape index (κ2) is 8.00. The van der Waals surface area contributed by atoms with Crippen LogP contribution in [0.25, 0.3) is 0 Å². The van der Waals surface area contributed by atoms with Crippen LogP contribution < -0.4 is 0 Å². The first kappa shape index (κ1) is 15.8. The maximum absolute atomic E-state index is 10.5. The third kappa shape index (κ3) is 7.68. The lowest BCUT2D eigenvalue weighted by molar-refractivity contribution is 0.289. The Morgan fingerprint density at radius 2 is 1.82 bits per heavy atom. The van der Waals surface area contributed by atoms with Gasteiger partial charge in [0, 0.05) is 6.61 Å². The number of benzene rings is 1. The van der Waals surface area contributed by atoms with E-state index in [1.165, 1.54) is 12.1 Å². The zero-order chi connectivity index (χ0) is 13.3. The molecule has 0 aliphatic rings. The number of aryl methyl sites for hydroxylation is 1. The van der Waals surface area contributed by atoms with E-state index in [2.05, 4.69) is 6.58 Å². The van der Waals surface area contributed by atoms with Crippen LogP contribution >= 0.6 is 0 Å². The van der Waals surface area contributed by atoms with Crippen molar-refractivity contribution in [3.8, 4) is 0 Å². The molecule has 5 heteroatoms. The molecule has 0 bridgehead atoms. The summed E-state index contributed by atoms with van der Waals surface area (Å²) in [7, 11) is -4.02. The Morgan fingerprint density at radius 3 is 2.12 bits per heavy atom. The molecule has 1 aromatic rings. The van der Waals surface area contributed by atoms with Crippen LogP contribution in [0.15, 0.2) is 41.8 Å². The molecule has 17 heavy (non-hydrogen) atoms. The zero-order valence-corrected chi connectivity index (χ0v) is 10.7. The molecule has 1 aromatic carbocycles. The summed E-state index contributed by atoms with van der Waals surface area (Å²) in [5.41, 5.74) is 0.956. The smallest absolute Gasteiger partial charge is 0.294 e. The van der Waals surface area contributed by atoms with Crippen LogP contribution in [-0.2, 0) is 10.1 Å². The first-order valence-corrected chi connectivity index (χ1v) is 6.61. The average molecular weight is 258 g/mol. The molecule has 0 aliphatic heterocycles. The Hall–Kier alpha value is -1.17. The average Bonchev–Trinajstić information content (AvgIpc) is 2.26. The van der Waals surface area contributed by atoms with Gasteiger partial charge < -0.3 is 5.11 Å². The van der Waals surface area contributed by atoms with Crippen molar-refractivity contribution in [1.29, 1.82) is 0 Å². The molecule has 2 N–H and O–H groups in total. The summed E-state index contributed by atoms with van der Waals surface area (Å²) in [5.74, 6) is 0. The van der Waals surface area contributed by atoms with Gasteiger partial charge >= 0.3 is 0 Å². The lowest BCUT2D eigenvalue weighted by Crippen LogP contribution is -1.96. The van der Waals surface area contributed by atoms with E-state index in [4.69, 9.17) is 9.66 Å². The molecule has 0 amide bonds. The summed E-state index contributed by atoms with van der Waals surface area (Å²) in [6, 6.07) is 5.99. The third-order valence-electron chi connectivity index (χ3n) is 1.89. The van der Waals surface area contributed by atoms with Gasteiger partial charge in [-0.05, 0) is 31.9 Å². The second-order valence-electron chi connectivity index (χ2n) is 3.44. The molecule has 0 spiro atoms. The quantitative estimate of drug-likeness (QED) is 0.493. The predicted molar refractivity (Wildman–Crippen MR) is 67.5 cm³/mol. The fourth-order valence-electron chi connectivity index (χ4n) is 0.946. The van der Waals surface area contributed by atoms with Gasteiger partial charge in [-0.25, -0.2) is 0 Å². The van der Waals surface area contributed by atoms with Crippen molar-refractivity contribution in [3.05, 3.63) is 42.5 Å². The summed E-state index contributed by atoms with van der Waals surface area (Å²) >= 11 is 0. The van der Waals surface area contributed by atoms with Gasteiger partial charge in [-0.1, -0.05) is 23.8 Å². The van der Waals surface area contributed by atoms with Crippen molar-refractivity contribution >= 4 is 10.1 Å². The molecule has 1 rings (SSSR count). The van der Waals surface area contributed by atoms with E-state index in [-0.39, 0.29) is 11.5 Å². The Balaban J connectivity index is 0.000000366. The van der Waals surface area contributed by atoms with Crippen molar-refractivity contribution in [2.75, 3.05) is 6.61 Å². The number of aliphatic hydroxyl groups is 1.